The number of rotatable bonds is 3. The molecule has 1 aliphatic carbocycles. The second-order valence-electron chi connectivity index (χ2n) is 7.21. The summed E-state index contributed by atoms with van der Waals surface area (Å²) in [4.78, 5) is 0. The van der Waals surface area contributed by atoms with Gasteiger partial charge in [-0.25, -0.2) is 0 Å². The molecule has 1 aromatic rings. The van der Waals surface area contributed by atoms with E-state index in [1.807, 2.05) is 12.1 Å². The summed E-state index contributed by atoms with van der Waals surface area (Å²) in [5.74, 6) is 0.997. The van der Waals surface area contributed by atoms with Crippen molar-refractivity contribution < 1.29 is 9.84 Å². The van der Waals surface area contributed by atoms with Gasteiger partial charge in [0.05, 0.1) is 6.10 Å². The second-order valence-corrected chi connectivity index (χ2v) is 7.21. The Balaban J connectivity index is 1.75. The molecule has 20 heavy (non-hydrogen) atoms. The first-order chi connectivity index (χ1) is 9.47. The fraction of sp³-hybridized carbons (Fsp3) is 0.647. The Morgan fingerprint density at radius 3 is 2.65 bits per heavy atom. The summed E-state index contributed by atoms with van der Waals surface area (Å²) >= 11 is 0. The molecule has 3 nitrogen and oxygen atoms in total. The Kier molecular flexibility index (Phi) is 3.30. The number of fused-ring (bicyclic) bond motifs is 1. The number of hydrogen-bond acceptors (Lipinski definition) is 3. The van der Waals surface area contributed by atoms with Crippen LogP contribution in [0.1, 0.15) is 38.7 Å². The summed E-state index contributed by atoms with van der Waals surface area (Å²) in [6.07, 6.45) is 3.62. The lowest BCUT2D eigenvalue weighted by atomic mass is 9.74. The number of para-hydroxylation sites is 1. The van der Waals surface area contributed by atoms with Crippen LogP contribution >= 0.6 is 0 Å². The van der Waals surface area contributed by atoms with Gasteiger partial charge in [-0.3, -0.25) is 0 Å². The zero-order chi connectivity index (χ0) is 14.4. The summed E-state index contributed by atoms with van der Waals surface area (Å²) in [5, 5.41) is 10.7. The number of aliphatic hydroxyl groups is 1. The van der Waals surface area contributed by atoms with Crippen LogP contribution in [0.25, 0.3) is 0 Å². The van der Waals surface area contributed by atoms with Gasteiger partial charge in [0.1, 0.15) is 11.9 Å². The number of benzene rings is 1. The quantitative estimate of drug-likeness (QED) is 0.891. The van der Waals surface area contributed by atoms with Gasteiger partial charge in [-0.15, -0.1) is 0 Å². The normalized spacial score (nSPS) is 34.8. The van der Waals surface area contributed by atoms with Gasteiger partial charge in [0, 0.05) is 18.4 Å². The molecule has 0 spiro atoms. The lowest BCUT2D eigenvalue weighted by molar-refractivity contribution is -0.0241. The molecule has 3 N–H and O–H groups in total. The Labute approximate surface area is 121 Å². The minimum atomic E-state index is -0.340. The van der Waals surface area contributed by atoms with Crippen molar-refractivity contribution in [3.05, 3.63) is 29.8 Å². The van der Waals surface area contributed by atoms with Crippen LogP contribution in [0.15, 0.2) is 24.3 Å². The van der Waals surface area contributed by atoms with Crippen LogP contribution in [0.5, 0.6) is 5.75 Å². The average Bonchev–Trinajstić information content (AvgIpc) is 2.93. The summed E-state index contributed by atoms with van der Waals surface area (Å²) in [6.45, 7) is 4.81. The third-order valence-electron chi connectivity index (χ3n) is 5.34. The highest BCUT2D eigenvalue weighted by atomic mass is 16.5. The highest BCUT2D eigenvalue weighted by Gasteiger charge is 2.52. The zero-order valence-electron chi connectivity index (χ0n) is 12.4. The standard InChI is InChI=1S/C17H25NO2/c1-16(2)7-8-17(11-18,15(16)19)10-13-9-12-5-3-4-6-14(12)20-13/h3-6,13,15,19H,7-11,18H2,1-2H3. The molecule has 0 aromatic heterocycles. The third kappa shape index (κ3) is 2.13. The van der Waals surface area contributed by atoms with E-state index >= 15 is 0 Å². The maximum Gasteiger partial charge on any atom is 0.123 e. The van der Waals surface area contributed by atoms with Crippen molar-refractivity contribution in [3.8, 4) is 5.75 Å². The molecule has 3 rings (SSSR count). The predicted molar refractivity (Wildman–Crippen MR) is 79.7 cm³/mol. The first-order valence-corrected chi connectivity index (χ1v) is 7.60. The topological polar surface area (TPSA) is 55.5 Å². The average molecular weight is 275 g/mol. The van der Waals surface area contributed by atoms with E-state index in [9.17, 15) is 5.11 Å². The summed E-state index contributed by atoms with van der Waals surface area (Å²) < 4.78 is 6.05. The van der Waals surface area contributed by atoms with Gasteiger partial charge in [-0.2, -0.15) is 0 Å². The third-order valence-corrected chi connectivity index (χ3v) is 5.34. The second kappa shape index (κ2) is 4.74. The Morgan fingerprint density at radius 2 is 2.05 bits per heavy atom. The Morgan fingerprint density at radius 1 is 1.30 bits per heavy atom. The molecule has 1 heterocycles. The fourth-order valence-electron chi connectivity index (χ4n) is 4.01. The molecule has 0 radical (unpaired) electrons. The summed E-state index contributed by atoms with van der Waals surface area (Å²) in [7, 11) is 0. The van der Waals surface area contributed by atoms with E-state index in [1.165, 1.54) is 5.56 Å². The Hall–Kier alpha value is -1.06. The van der Waals surface area contributed by atoms with Crippen molar-refractivity contribution >= 4 is 0 Å². The van der Waals surface area contributed by atoms with Crippen LogP contribution in [-0.4, -0.2) is 23.9 Å². The maximum absolute atomic E-state index is 10.7. The predicted octanol–water partition coefficient (Wildman–Crippen LogP) is 2.51. The van der Waals surface area contributed by atoms with Gasteiger partial charge < -0.3 is 15.6 Å². The van der Waals surface area contributed by atoms with E-state index in [0.29, 0.717) is 6.54 Å². The lowest BCUT2D eigenvalue weighted by Gasteiger charge is -2.37. The molecule has 0 amide bonds. The molecule has 1 aromatic carbocycles. The van der Waals surface area contributed by atoms with Gasteiger partial charge in [-0.05, 0) is 36.3 Å². The van der Waals surface area contributed by atoms with E-state index < -0.39 is 0 Å². The maximum atomic E-state index is 10.7. The molecule has 3 unspecified atom stereocenters. The SMILES string of the molecule is CC1(C)CCC(CN)(CC2Cc3ccccc3O2)C1O. The summed E-state index contributed by atoms with van der Waals surface area (Å²) in [6, 6.07) is 8.21. The van der Waals surface area contributed by atoms with E-state index in [2.05, 4.69) is 26.0 Å². The number of ether oxygens (including phenoxy) is 1. The molecule has 3 atom stereocenters. The number of aliphatic hydroxyl groups excluding tert-OH is 1. The number of hydrogen-bond donors (Lipinski definition) is 2. The molecular weight excluding hydrogens is 250 g/mol. The van der Waals surface area contributed by atoms with Crippen LogP contribution in [0.2, 0.25) is 0 Å². The first kappa shape index (κ1) is 13.9. The molecule has 0 saturated heterocycles. The summed E-state index contributed by atoms with van der Waals surface area (Å²) in [5.41, 5.74) is 7.10. The van der Waals surface area contributed by atoms with E-state index in [4.69, 9.17) is 10.5 Å². The monoisotopic (exact) mass is 275 g/mol. The highest BCUT2D eigenvalue weighted by molar-refractivity contribution is 5.37. The zero-order valence-corrected chi connectivity index (χ0v) is 12.4. The minimum absolute atomic E-state index is 0.0369. The molecule has 1 aliphatic heterocycles. The van der Waals surface area contributed by atoms with Crippen LogP contribution < -0.4 is 10.5 Å². The molecule has 2 aliphatic rings. The van der Waals surface area contributed by atoms with Crippen molar-refractivity contribution in [2.45, 2.75) is 51.7 Å². The lowest BCUT2D eigenvalue weighted by Crippen LogP contribution is -2.45. The van der Waals surface area contributed by atoms with Crippen molar-refractivity contribution in [3.63, 3.8) is 0 Å². The molecule has 1 fully saturated rings. The number of nitrogens with two attached hydrogens (primary N) is 1. The van der Waals surface area contributed by atoms with Crippen LogP contribution in [0.3, 0.4) is 0 Å². The van der Waals surface area contributed by atoms with Crippen molar-refractivity contribution in [1.82, 2.24) is 0 Å². The highest BCUT2D eigenvalue weighted by Crippen LogP contribution is 2.52. The first-order valence-electron chi connectivity index (χ1n) is 7.60. The fourth-order valence-corrected chi connectivity index (χ4v) is 4.01. The van der Waals surface area contributed by atoms with Crippen molar-refractivity contribution in [1.29, 1.82) is 0 Å². The van der Waals surface area contributed by atoms with Crippen molar-refractivity contribution in [2.75, 3.05) is 6.54 Å². The van der Waals surface area contributed by atoms with Gasteiger partial charge in [0.25, 0.3) is 0 Å². The van der Waals surface area contributed by atoms with Crippen LogP contribution in [0.4, 0.5) is 0 Å². The van der Waals surface area contributed by atoms with Crippen LogP contribution in [-0.2, 0) is 6.42 Å². The molecule has 0 bridgehead atoms. The molecule has 1 saturated carbocycles. The van der Waals surface area contributed by atoms with Crippen molar-refractivity contribution in [2.24, 2.45) is 16.6 Å². The van der Waals surface area contributed by atoms with Gasteiger partial charge in [0.2, 0.25) is 0 Å². The molecule has 3 heteroatoms. The largest absolute Gasteiger partial charge is 0.490 e. The minimum Gasteiger partial charge on any atom is -0.490 e. The molecule has 110 valence electrons. The van der Waals surface area contributed by atoms with E-state index in [-0.39, 0.29) is 23.0 Å². The van der Waals surface area contributed by atoms with Gasteiger partial charge in [0.15, 0.2) is 0 Å². The molecular formula is C17H25NO2. The van der Waals surface area contributed by atoms with E-state index in [1.54, 1.807) is 0 Å². The smallest absolute Gasteiger partial charge is 0.123 e. The van der Waals surface area contributed by atoms with Gasteiger partial charge in [-0.1, -0.05) is 32.0 Å². The van der Waals surface area contributed by atoms with E-state index in [0.717, 1.165) is 31.4 Å². The van der Waals surface area contributed by atoms with Crippen LogP contribution in [0, 0.1) is 10.8 Å². The van der Waals surface area contributed by atoms with Gasteiger partial charge >= 0.3 is 0 Å². The Bertz CT molecular complexity index is 475.